The van der Waals surface area contributed by atoms with Gasteiger partial charge in [-0.15, -0.1) is 9.15 Å². The molecular formula is C17H21N3O4S+2. The lowest BCUT2D eigenvalue weighted by Crippen LogP contribution is -2.59. The summed E-state index contributed by atoms with van der Waals surface area (Å²) in [5, 5.41) is 1.05. The van der Waals surface area contributed by atoms with Gasteiger partial charge in [0.05, 0.1) is 4.90 Å². The van der Waals surface area contributed by atoms with E-state index in [2.05, 4.69) is 4.72 Å². The third-order valence-corrected chi connectivity index (χ3v) is 6.80. The van der Waals surface area contributed by atoms with Crippen molar-refractivity contribution in [1.82, 2.24) is 13.9 Å². The number of benzene rings is 1. The van der Waals surface area contributed by atoms with Gasteiger partial charge >= 0.3 is 11.8 Å². The van der Waals surface area contributed by atoms with Crippen molar-refractivity contribution in [2.24, 2.45) is 5.92 Å². The van der Waals surface area contributed by atoms with Crippen LogP contribution in [0.25, 0.3) is 0 Å². The monoisotopic (exact) mass is 363 g/mol. The topological polar surface area (TPSA) is 86.3 Å². The van der Waals surface area contributed by atoms with Crippen LogP contribution in [0.2, 0.25) is 0 Å². The number of amides is 2. The van der Waals surface area contributed by atoms with Crippen molar-refractivity contribution in [3.05, 3.63) is 28.9 Å². The Morgan fingerprint density at radius 1 is 1.16 bits per heavy atom. The molecule has 8 heteroatoms. The molecule has 132 valence electrons. The Kier molecular flexibility index (Phi) is 3.49. The van der Waals surface area contributed by atoms with Crippen molar-refractivity contribution >= 4 is 21.8 Å². The standard InChI is InChI=1S/C17H21N3O4S/c1-17(7-8-17)18-25(23,24)12-5-6-13-14(9-12)19(2)15(21)16(22)20(13)10-11-3-4-11/h5-6,9,11,18H,3-4,7-8,10H2,1-2H3/q+2. The van der Waals surface area contributed by atoms with Crippen molar-refractivity contribution in [2.45, 2.75) is 43.0 Å². The largest absolute Gasteiger partial charge is 0.529 e. The Labute approximate surface area is 145 Å². The molecule has 1 aromatic carbocycles. The lowest BCUT2D eigenvalue weighted by molar-refractivity contribution is -0.141. The van der Waals surface area contributed by atoms with Crippen molar-refractivity contribution in [1.29, 1.82) is 0 Å². The second kappa shape index (κ2) is 5.28. The number of rotatable bonds is 5. The first-order chi connectivity index (χ1) is 11.7. The Morgan fingerprint density at radius 3 is 2.44 bits per heavy atom. The Bertz CT molecular complexity index is 1030. The maximum absolute atomic E-state index is 12.6. The van der Waals surface area contributed by atoms with Crippen LogP contribution in [0.3, 0.4) is 0 Å². The summed E-state index contributed by atoms with van der Waals surface area (Å²) in [7, 11) is -2.16. The van der Waals surface area contributed by atoms with E-state index in [9.17, 15) is 18.0 Å². The molecule has 1 aliphatic heterocycles. The van der Waals surface area contributed by atoms with E-state index in [4.69, 9.17) is 0 Å². The van der Waals surface area contributed by atoms with Crippen LogP contribution in [-0.4, -0.2) is 39.4 Å². The van der Waals surface area contributed by atoms with E-state index in [0.29, 0.717) is 23.2 Å². The number of carbonyl (C=O) groups is 2. The number of hydrogen-bond donors (Lipinski definition) is 1. The van der Waals surface area contributed by atoms with Crippen LogP contribution >= 0.6 is 0 Å². The van der Waals surface area contributed by atoms with Crippen molar-refractivity contribution in [3.63, 3.8) is 0 Å². The number of hydrogen-bond acceptors (Lipinski definition) is 4. The van der Waals surface area contributed by atoms with Crippen LogP contribution in [-0.2, 0) is 19.6 Å². The number of carbonyl (C=O) groups excluding carboxylic acids is 2. The molecule has 1 heterocycles. The average molecular weight is 363 g/mol. The normalized spacial score (nSPS) is 22.2. The molecule has 0 saturated heterocycles. The van der Waals surface area contributed by atoms with Gasteiger partial charge in [0.25, 0.3) is 10.7 Å². The first-order valence-corrected chi connectivity index (χ1v) is 9.96. The minimum absolute atomic E-state index is 0.111. The first kappa shape index (κ1) is 16.5. The van der Waals surface area contributed by atoms with E-state index in [0.717, 1.165) is 25.7 Å². The van der Waals surface area contributed by atoms with E-state index >= 15 is 0 Å². The maximum atomic E-state index is 12.6. The predicted molar refractivity (Wildman–Crippen MR) is 89.7 cm³/mol. The Morgan fingerprint density at radius 2 is 1.84 bits per heavy atom. The molecule has 1 aromatic rings. The highest BCUT2D eigenvalue weighted by Crippen LogP contribution is 2.35. The molecule has 3 aliphatic rings. The van der Waals surface area contributed by atoms with Gasteiger partial charge in [0.15, 0.2) is 6.54 Å². The van der Waals surface area contributed by atoms with Gasteiger partial charge in [0.2, 0.25) is 10.0 Å². The van der Waals surface area contributed by atoms with Crippen LogP contribution in [0, 0.1) is 5.92 Å². The van der Waals surface area contributed by atoms with Crippen molar-refractivity contribution in [3.8, 4) is 0 Å². The minimum Gasteiger partial charge on any atom is -0.207 e. The van der Waals surface area contributed by atoms with Crippen LogP contribution < -0.4 is 24.6 Å². The molecule has 2 fully saturated rings. The lowest BCUT2D eigenvalue weighted by atomic mass is 10.2. The van der Waals surface area contributed by atoms with Gasteiger partial charge in [-0.1, -0.05) is 0 Å². The summed E-state index contributed by atoms with van der Waals surface area (Å²) in [6, 6.07) is 4.61. The zero-order valence-electron chi connectivity index (χ0n) is 14.3. The third-order valence-electron chi connectivity index (χ3n) is 5.16. The summed E-state index contributed by atoms with van der Waals surface area (Å²) < 4.78 is 30.6. The van der Waals surface area contributed by atoms with Gasteiger partial charge in [-0.3, -0.25) is 0 Å². The van der Waals surface area contributed by atoms with Crippen LogP contribution in [0.1, 0.15) is 32.6 Å². The molecule has 0 bridgehead atoms. The lowest BCUT2D eigenvalue weighted by Gasteiger charge is -2.11. The first-order valence-electron chi connectivity index (χ1n) is 8.48. The fourth-order valence-electron chi connectivity index (χ4n) is 3.06. The fourth-order valence-corrected chi connectivity index (χ4v) is 4.54. The summed E-state index contributed by atoms with van der Waals surface area (Å²) in [5.74, 6) is -0.765. The van der Waals surface area contributed by atoms with Gasteiger partial charge in [0.1, 0.15) is 7.05 Å². The molecule has 2 amide bonds. The van der Waals surface area contributed by atoms with E-state index in [1.165, 1.54) is 28.3 Å². The summed E-state index contributed by atoms with van der Waals surface area (Å²) >= 11 is 0. The molecule has 0 unspecified atom stereocenters. The van der Waals surface area contributed by atoms with Gasteiger partial charge in [-0.05, 0) is 38.7 Å². The van der Waals surface area contributed by atoms with Crippen LogP contribution in [0.5, 0.6) is 0 Å². The van der Waals surface area contributed by atoms with Crippen LogP contribution in [0.15, 0.2) is 23.1 Å². The molecule has 0 aromatic heterocycles. The van der Waals surface area contributed by atoms with Crippen LogP contribution in [0.4, 0.5) is 0 Å². The molecule has 7 nitrogen and oxygen atoms in total. The second-order valence-corrected chi connectivity index (χ2v) is 9.22. The fraction of sp³-hybridized carbons (Fsp3) is 0.529. The molecule has 1 N–H and O–H groups in total. The summed E-state index contributed by atoms with van der Waals surface area (Å²) in [6.45, 7) is 2.38. The zero-order valence-corrected chi connectivity index (χ0v) is 15.1. The van der Waals surface area contributed by atoms with Gasteiger partial charge < -0.3 is 0 Å². The number of likely N-dealkylation sites (N-methyl/N-ethyl adjacent to an activating group) is 1. The number of nitrogens with one attached hydrogen (secondary N) is 1. The van der Waals surface area contributed by atoms with Gasteiger partial charge in [-0.2, -0.15) is 0 Å². The van der Waals surface area contributed by atoms with Crippen molar-refractivity contribution in [2.75, 3.05) is 13.6 Å². The summed E-state index contributed by atoms with van der Waals surface area (Å²) in [6.07, 6.45) is 3.74. The minimum atomic E-state index is -3.66. The highest BCUT2D eigenvalue weighted by molar-refractivity contribution is 7.89. The number of sulfonamides is 1. The Balaban J connectivity index is 1.87. The molecule has 2 aliphatic carbocycles. The average Bonchev–Trinajstić information content (AvgIpc) is 3.48. The number of fused-ring (bicyclic) bond motifs is 1. The molecule has 2 saturated carbocycles. The summed E-state index contributed by atoms with van der Waals surface area (Å²) in [5.41, 5.74) is -0.371. The Hall–Kier alpha value is -1.93. The van der Waals surface area contributed by atoms with Crippen molar-refractivity contribution < 1.29 is 18.0 Å². The van der Waals surface area contributed by atoms with E-state index < -0.39 is 21.8 Å². The highest BCUT2D eigenvalue weighted by atomic mass is 32.2. The quantitative estimate of drug-likeness (QED) is 0.515. The predicted octanol–water partition coefficient (Wildman–Crippen LogP) is -1.39. The van der Waals surface area contributed by atoms with E-state index in [1.807, 2.05) is 6.92 Å². The molecule has 0 radical (unpaired) electrons. The van der Waals surface area contributed by atoms with E-state index in [-0.39, 0.29) is 10.4 Å². The highest BCUT2D eigenvalue weighted by Gasteiger charge is 2.45. The third kappa shape index (κ3) is 2.93. The molecule has 0 spiro atoms. The SMILES string of the molecule is C[N+]1=c2cc(S(=O)(=O)NC3(C)CC3)ccc2=[N+](CC2CC2)C(=O)C1=O. The van der Waals surface area contributed by atoms with E-state index in [1.54, 1.807) is 6.07 Å². The molecular weight excluding hydrogens is 342 g/mol. The second-order valence-electron chi connectivity index (χ2n) is 7.54. The zero-order chi connectivity index (χ0) is 18.0. The smallest absolute Gasteiger partial charge is 0.207 e. The van der Waals surface area contributed by atoms with Gasteiger partial charge in [0, 0.05) is 23.6 Å². The number of nitrogens with zero attached hydrogens (tertiary/aromatic N) is 2. The maximum Gasteiger partial charge on any atom is 0.529 e. The molecule has 0 atom stereocenters. The van der Waals surface area contributed by atoms with Gasteiger partial charge in [-0.25, -0.2) is 22.7 Å². The summed E-state index contributed by atoms with van der Waals surface area (Å²) in [4.78, 5) is 24.7. The molecule has 25 heavy (non-hydrogen) atoms. The molecule has 4 rings (SSSR count).